The Morgan fingerprint density at radius 2 is 1.89 bits per heavy atom. The molecule has 4 rings (SSSR count). The van der Waals surface area contributed by atoms with E-state index in [1.165, 1.54) is 4.90 Å². The van der Waals surface area contributed by atoms with Crippen LogP contribution in [0.15, 0.2) is 6.07 Å². The Morgan fingerprint density at radius 3 is 2.50 bits per heavy atom. The van der Waals surface area contributed by atoms with Gasteiger partial charge in [-0.25, -0.2) is 14.5 Å². The average molecular weight is 384 g/mol. The van der Waals surface area contributed by atoms with Crippen molar-refractivity contribution in [3.05, 3.63) is 23.0 Å². The summed E-state index contributed by atoms with van der Waals surface area (Å²) < 4.78 is 1.89. The molecule has 0 bridgehead atoms. The zero-order valence-corrected chi connectivity index (χ0v) is 17.0. The quantitative estimate of drug-likeness (QED) is 0.876. The van der Waals surface area contributed by atoms with E-state index in [1.54, 1.807) is 0 Å². The summed E-state index contributed by atoms with van der Waals surface area (Å²) in [6.45, 7) is 8.57. The third-order valence-corrected chi connectivity index (χ3v) is 5.74. The summed E-state index contributed by atoms with van der Waals surface area (Å²) in [5.74, 6) is -0.753. The predicted octanol–water partition coefficient (Wildman–Crippen LogP) is 3.45. The minimum atomic E-state index is -0.928. The maximum absolute atomic E-state index is 13.5. The fraction of sp³-hybridized carbons (Fsp3) is 0.619. The van der Waals surface area contributed by atoms with Gasteiger partial charge in [-0.3, -0.25) is 4.79 Å². The Labute approximate surface area is 164 Å². The van der Waals surface area contributed by atoms with Gasteiger partial charge >= 0.3 is 5.97 Å². The lowest BCUT2D eigenvalue weighted by atomic mass is 9.99. The minimum absolute atomic E-state index is 0.210. The molecule has 3 heterocycles. The summed E-state index contributed by atoms with van der Waals surface area (Å²) in [6, 6.07) is 1.13. The Kier molecular flexibility index (Phi) is 4.43. The first kappa shape index (κ1) is 18.9. The summed E-state index contributed by atoms with van der Waals surface area (Å²) in [5, 5.41) is 15.1. The summed E-state index contributed by atoms with van der Waals surface area (Å²) in [6.07, 6.45) is 4.33. The second-order valence-electron chi connectivity index (χ2n) is 9.08. The number of piperidine rings is 1. The van der Waals surface area contributed by atoms with Gasteiger partial charge in [-0.15, -0.1) is 0 Å². The van der Waals surface area contributed by atoms with Crippen LogP contribution in [-0.2, 0) is 10.3 Å². The van der Waals surface area contributed by atoms with Gasteiger partial charge in [-0.2, -0.15) is 5.10 Å². The van der Waals surface area contributed by atoms with Crippen LogP contribution in [0, 0.1) is 6.92 Å². The molecule has 28 heavy (non-hydrogen) atoms. The minimum Gasteiger partial charge on any atom is -0.480 e. The van der Waals surface area contributed by atoms with E-state index in [1.807, 2.05) is 17.7 Å². The van der Waals surface area contributed by atoms with Crippen molar-refractivity contribution in [3.63, 3.8) is 0 Å². The summed E-state index contributed by atoms with van der Waals surface area (Å²) in [5.41, 5.74) is 2.68. The molecule has 1 saturated carbocycles. The van der Waals surface area contributed by atoms with Gasteiger partial charge in [0.05, 0.1) is 22.2 Å². The molecule has 7 nitrogen and oxygen atoms in total. The fourth-order valence-electron chi connectivity index (χ4n) is 4.12. The molecule has 2 aromatic heterocycles. The molecule has 1 atom stereocenters. The number of aryl methyl sites for hydroxylation is 1. The number of pyridine rings is 1. The molecule has 7 heteroatoms. The summed E-state index contributed by atoms with van der Waals surface area (Å²) in [7, 11) is 0. The molecule has 1 saturated heterocycles. The number of rotatable bonds is 3. The SMILES string of the molecule is Cc1nn(C(C)(C)C)c2nc(C3CC3)cc(C(=O)N3CCCCC3C(=O)O)c12. The lowest BCUT2D eigenvalue weighted by Crippen LogP contribution is -2.48. The third kappa shape index (κ3) is 3.16. The molecule has 1 amide bonds. The summed E-state index contributed by atoms with van der Waals surface area (Å²) >= 11 is 0. The smallest absolute Gasteiger partial charge is 0.326 e. The van der Waals surface area contributed by atoms with Crippen molar-refractivity contribution in [1.29, 1.82) is 0 Å². The van der Waals surface area contributed by atoms with Gasteiger partial charge in [-0.05, 0) is 65.9 Å². The molecule has 1 aliphatic carbocycles. The number of carbonyl (C=O) groups excluding carboxylic acids is 1. The molecule has 2 aromatic rings. The molecule has 2 aliphatic rings. The van der Waals surface area contributed by atoms with Gasteiger partial charge in [0.1, 0.15) is 6.04 Å². The number of nitrogens with zero attached hydrogens (tertiary/aromatic N) is 4. The van der Waals surface area contributed by atoms with Crippen LogP contribution in [0.3, 0.4) is 0 Å². The van der Waals surface area contributed by atoms with Crippen LogP contribution < -0.4 is 0 Å². The van der Waals surface area contributed by atoms with Crippen molar-refractivity contribution in [2.45, 2.75) is 77.3 Å². The number of carboxylic acids is 1. The van der Waals surface area contributed by atoms with Crippen molar-refractivity contribution >= 4 is 22.9 Å². The van der Waals surface area contributed by atoms with E-state index in [-0.39, 0.29) is 11.4 Å². The fourth-order valence-corrected chi connectivity index (χ4v) is 4.12. The van der Waals surface area contributed by atoms with Gasteiger partial charge in [0, 0.05) is 18.2 Å². The summed E-state index contributed by atoms with van der Waals surface area (Å²) in [4.78, 5) is 31.7. The second kappa shape index (κ2) is 6.57. The first-order valence-electron chi connectivity index (χ1n) is 10.1. The van der Waals surface area contributed by atoms with Crippen LogP contribution in [0.2, 0.25) is 0 Å². The van der Waals surface area contributed by atoms with Crippen LogP contribution in [0.1, 0.15) is 80.5 Å². The van der Waals surface area contributed by atoms with Gasteiger partial charge in [0.25, 0.3) is 5.91 Å². The molecule has 150 valence electrons. The van der Waals surface area contributed by atoms with Crippen LogP contribution in [0.5, 0.6) is 0 Å². The van der Waals surface area contributed by atoms with Crippen molar-refractivity contribution < 1.29 is 14.7 Å². The Balaban J connectivity index is 1.89. The van der Waals surface area contributed by atoms with E-state index in [0.29, 0.717) is 24.4 Å². The van der Waals surface area contributed by atoms with Crippen LogP contribution in [-0.4, -0.2) is 49.2 Å². The number of amides is 1. The number of aromatic nitrogens is 3. The van der Waals surface area contributed by atoms with Crippen LogP contribution in [0.25, 0.3) is 11.0 Å². The van der Waals surface area contributed by atoms with E-state index >= 15 is 0 Å². The highest BCUT2D eigenvalue weighted by Gasteiger charge is 2.36. The van der Waals surface area contributed by atoms with Crippen LogP contribution >= 0.6 is 0 Å². The normalized spacial score (nSPS) is 20.6. The first-order valence-corrected chi connectivity index (χ1v) is 10.1. The number of hydrogen-bond donors (Lipinski definition) is 1. The number of aliphatic carboxylic acids is 1. The van der Waals surface area contributed by atoms with Crippen molar-refractivity contribution in [2.75, 3.05) is 6.54 Å². The monoisotopic (exact) mass is 384 g/mol. The number of carboxylic acid groups (broad SMARTS) is 1. The Hall–Kier alpha value is -2.44. The molecular formula is C21H28N4O3. The Morgan fingerprint density at radius 1 is 1.18 bits per heavy atom. The maximum Gasteiger partial charge on any atom is 0.326 e. The van der Waals surface area contributed by atoms with E-state index in [0.717, 1.165) is 48.1 Å². The molecular weight excluding hydrogens is 356 g/mol. The highest BCUT2D eigenvalue weighted by atomic mass is 16.4. The largest absolute Gasteiger partial charge is 0.480 e. The van der Waals surface area contributed by atoms with Gasteiger partial charge < -0.3 is 10.0 Å². The Bertz CT molecular complexity index is 953. The van der Waals surface area contributed by atoms with Crippen molar-refractivity contribution in [2.24, 2.45) is 0 Å². The number of hydrogen-bond acceptors (Lipinski definition) is 4. The van der Waals surface area contributed by atoms with Crippen LogP contribution in [0.4, 0.5) is 0 Å². The van der Waals surface area contributed by atoms with E-state index < -0.39 is 12.0 Å². The standard InChI is InChI=1S/C21H28N4O3/c1-12-17-14(19(26)24-10-6-5-7-16(24)20(27)28)11-15(13-8-9-13)22-18(17)25(23-12)21(2,3)4/h11,13,16H,5-10H2,1-4H3,(H,27,28). The molecule has 2 fully saturated rings. The average Bonchev–Trinajstić information content (AvgIpc) is 3.43. The van der Waals surface area contributed by atoms with Gasteiger partial charge in [-0.1, -0.05) is 0 Å². The molecule has 1 unspecified atom stereocenters. The molecule has 1 aliphatic heterocycles. The van der Waals surface area contributed by atoms with Crippen molar-refractivity contribution in [3.8, 4) is 0 Å². The molecule has 1 N–H and O–H groups in total. The first-order chi connectivity index (χ1) is 13.2. The predicted molar refractivity (Wildman–Crippen MR) is 106 cm³/mol. The number of likely N-dealkylation sites (tertiary alicyclic amines) is 1. The van der Waals surface area contributed by atoms with E-state index in [9.17, 15) is 14.7 Å². The van der Waals surface area contributed by atoms with Crippen molar-refractivity contribution in [1.82, 2.24) is 19.7 Å². The maximum atomic E-state index is 13.5. The third-order valence-electron chi connectivity index (χ3n) is 5.74. The second-order valence-corrected chi connectivity index (χ2v) is 9.08. The number of fused-ring (bicyclic) bond motifs is 1. The van der Waals surface area contributed by atoms with E-state index in [2.05, 4.69) is 20.8 Å². The number of carbonyl (C=O) groups is 2. The molecule has 0 spiro atoms. The topological polar surface area (TPSA) is 88.3 Å². The lowest BCUT2D eigenvalue weighted by molar-refractivity contribution is -0.143. The highest BCUT2D eigenvalue weighted by molar-refractivity contribution is 6.07. The van der Waals surface area contributed by atoms with Gasteiger partial charge in [0.15, 0.2) is 5.65 Å². The van der Waals surface area contributed by atoms with Gasteiger partial charge in [0.2, 0.25) is 0 Å². The molecule has 0 radical (unpaired) electrons. The zero-order valence-electron chi connectivity index (χ0n) is 17.0. The van der Waals surface area contributed by atoms with E-state index in [4.69, 9.17) is 10.1 Å². The lowest BCUT2D eigenvalue weighted by Gasteiger charge is -2.33. The highest BCUT2D eigenvalue weighted by Crippen LogP contribution is 2.41. The molecule has 0 aromatic carbocycles. The zero-order chi connectivity index (χ0) is 20.2.